The molecule has 3 amide bonds. The van der Waals surface area contributed by atoms with Gasteiger partial charge in [-0.05, 0) is 42.7 Å². The molecular formula is C28H22F3N5O3S. The third-order valence-corrected chi connectivity index (χ3v) is 8.75. The molecule has 0 radical (unpaired) electrons. The summed E-state index contributed by atoms with van der Waals surface area (Å²) >= 11 is 1.24. The van der Waals surface area contributed by atoms with Gasteiger partial charge in [0.15, 0.2) is 0 Å². The van der Waals surface area contributed by atoms with Gasteiger partial charge in [0.05, 0.1) is 45.5 Å². The number of hydrogen-bond donors (Lipinski definition) is 1. The van der Waals surface area contributed by atoms with Crippen molar-refractivity contribution in [3.63, 3.8) is 0 Å². The molecule has 2 unspecified atom stereocenters. The van der Waals surface area contributed by atoms with Crippen LogP contribution in [0, 0.1) is 24.2 Å². The zero-order valence-corrected chi connectivity index (χ0v) is 22.4. The van der Waals surface area contributed by atoms with Crippen LogP contribution in [0.25, 0.3) is 21.3 Å². The second-order valence-corrected chi connectivity index (χ2v) is 11.7. The molecule has 5 heterocycles. The Morgan fingerprint density at radius 2 is 1.82 bits per heavy atom. The number of imide groups is 1. The van der Waals surface area contributed by atoms with Crippen molar-refractivity contribution in [3.05, 3.63) is 70.8 Å². The molecule has 1 aliphatic heterocycles. The average Bonchev–Trinajstić information content (AvgIpc) is 3.15. The van der Waals surface area contributed by atoms with Gasteiger partial charge in [-0.15, -0.1) is 11.3 Å². The number of amides is 3. The van der Waals surface area contributed by atoms with Crippen molar-refractivity contribution in [3.8, 4) is 11.1 Å². The summed E-state index contributed by atoms with van der Waals surface area (Å²) < 4.78 is 41.9. The van der Waals surface area contributed by atoms with Crippen molar-refractivity contribution < 1.29 is 27.6 Å². The molecule has 40 heavy (non-hydrogen) atoms. The Morgan fingerprint density at radius 3 is 2.48 bits per heavy atom. The van der Waals surface area contributed by atoms with Gasteiger partial charge in [-0.25, -0.2) is 4.98 Å². The van der Waals surface area contributed by atoms with E-state index in [9.17, 15) is 27.6 Å². The molecule has 6 rings (SSSR count). The minimum absolute atomic E-state index is 0.0149. The number of halogens is 3. The van der Waals surface area contributed by atoms with Gasteiger partial charge in [0.25, 0.3) is 5.91 Å². The number of nitrogens with zero attached hydrogens (tertiary/aromatic N) is 4. The number of carbonyl (C=O) groups is 3. The highest BCUT2D eigenvalue weighted by Crippen LogP contribution is 2.63. The highest BCUT2D eigenvalue weighted by atomic mass is 32.1. The quantitative estimate of drug-likeness (QED) is 0.322. The molecule has 4 aromatic rings. The minimum Gasteiger partial charge on any atom is -0.320 e. The number of piperidine rings is 1. The largest absolute Gasteiger partial charge is 0.433 e. The summed E-state index contributed by atoms with van der Waals surface area (Å²) in [4.78, 5) is 52.6. The number of aryl methyl sites for hydroxylation is 1. The van der Waals surface area contributed by atoms with Gasteiger partial charge in [-0.3, -0.25) is 29.3 Å². The van der Waals surface area contributed by atoms with Crippen LogP contribution in [0.2, 0.25) is 0 Å². The van der Waals surface area contributed by atoms with E-state index in [2.05, 4.69) is 20.3 Å². The fourth-order valence-corrected chi connectivity index (χ4v) is 6.59. The number of rotatable bonds is 5. The second kappa shape index (κ2) is 8.91. The number of fused-ring (bicyclic) bond motifs is 2. The van der Waals surface area contributed by atoms with Crippen LogP contribution in [0.1, 0.15) is 40.5 Å². The molecular weight excluding hydrogens is 543 g/mol. The van der Waals surface area contributed by atoms with Crippen molar-refractivity contribution in [2.45, 2.75) is 33.5 Å². The predicted octanol–water partition coefficient (Wildman–Crippen LogP) is 5.47. The van der Waals surface area contributed by atoms with Crippen LogP contribution >= 0.6 is 11.3 Å². The van der Waals surface area contributed by atoms with E-state index in [1.165, 1.54) is 47.8 Å². The number of carbonyl (C=O) groups excluding carboxylic acids is 3. The minimum atomic E-state index is -4.72. The van der Waals surface area contributed by atoms with E-state index in [4.69, 9.17) is 0 Å². The standard InChI is InChI=1S/C28H22F3N5O3S/c1-13-22(35-24(37)14-5-4-7-32-11-14)17(10-19(34-13)28(29,30)31)16-6-8-33-18-9-15(40-23(16)18)12-36-25(38)20-21(26(36)39)27(20,2)3/h4-11,20-21H,12H2,1-3H3,(H,35,37). The summed E-state index contributed by atoms with van der Waals surface area (Å²) in [5.41, 5.74) is -0.0736. The summed E-state index contributed by atoms with van der Waals surface area (Å²) in [5.74, 6) is -1.58. The first kappa shape index (κ1) is 26.1. The number of alkyl halides is 3. The van der Waals surface area contributed by atoms with E-state index < -0.39 is 17.8 Å². The fourth-order valence-electron chi connectivity index (χ4n) is 5.46. The van der Waals surface area contributed by atoms with Gasteiger partial charge in [0, 0.05) is 34.6 Å². The fraction of sp³-hybridized carbons (Fsp3) is 0.286. The van der Waals surface area contributed by atoms with Gasteiger partial charge in [-0.2, -0.15) is 13.2 Å². The Kier molecular flexibility index (Phi) is 5.81. The van der Waals surface area contributed by atoms with Gasteiger partial charge in [0.1, 0.15) is 5.69 Å². The van der Waals surface area contributed by atoms with Crippen molar-refractivity contribution in [1.29, 1.82) is 0 Å². The van der Waals surface area contributed by atoms with Crippen molar-refractivity contribution in [1.82, 2.24) is 19.9 Å². The van der Waals surface area contributed by atoms with Crippen LogP contribution < -0.4 is 5.32 Å². The van der Waals surface area contributed by atoms with Crippen LogP contribution in [-0.4, -0.2) is 37.6 Å². The highest BCUT2D eigenvalue weighted by molar-refractivity contribution is 7.19. The van der Waals surface area contributed by atoms with Crippen molar-refractivity contribution >= 4 is 45.0 Å². The first-order valence-electron chi connectivity index (χ1n) is 12.4. The number of nitrogens with one attached hydrogen (secondary N) is 1. The van der Waals surface area contributed by atoms with E-state index in [1.54, 1.807) is 18.2 Å². The number of hydrogen-bond acceptors (Lipinski definition) is 7. The third-order valence-electron chi connectivity index (χ3n) is 7.61. The van der Waals surface area contributed by atoms with E-state index >= 15 is 0 Å². The Balaban J connectivity index is 1.41. The summed E-state index contributed by atoms with van der Waals surface area (Å²) in [6.45, 7) is 5.27. The lowest BCUT2D eigenvalue weighted by atomic mass is 10.0. The Bertz CT molecular complexity index is 1690. The normalized spacial score (nSPS) is 19.7. The Morgan fingerprint density at radius 1 is 1.10 bits per heavy atom. The van der Waals surface area contributed by atoms with E-state index in [0.717, 1.165) is 6.07 Å². The second-order valence-electron chi connectivity index (χ2n) is 10.5. The maximum atomic E-state index is 13.8. The van der Waals surface area contributed by atoms with Gasteiger partial charge < -0.3 is 5.32 Å². The van der Waals surface area contributed by atoms with Crippen molar-refractivity contribution in [2.24, 2.45) is 17.3 Å². The summed E-state index contributed by atoms with van der Waals surface area (Å²) in [7, 11) is 0. The number of thiophene rings is 1. The lowest BCUT2D eigenvalue weighted by molar-refractivity contribution is -0.144. The summed E-state index contributed by atoms with van der Waals surface area (Å²) in [6, 6.07) is 7.32. The molecule has 2 fully saturated rings. The Hall–Kier alpha value is -4.19. The lowest BCUT2D eigenvalue weighted by Gasteiger charge is -2.19. The maximum absolute atomic E-state index is 13.8. The molecule has 1 aliphatic carbocycles. The topological polar surface area (TPSA) is 105 Å². The van der Waals surface area contributed by atoms with Gasteiger partial charge in [0.2, 0.25) is 11.8 Å². The van der Waals surface area contributed by atoms with Crippen molar-refractivity contribution in [2.75, 3.05) is 5.32 Å². The van der Waals surface area contributed by atoms with Crippen LogP contribution in [0.4, 0.5) is 18.9 Å². The van der Waals surface area contributed by atoms with Crippen LogP contribution in [0.15, 0.2) is 48.9 Å². The van der Waals surface area contributed by atoms with Gasteiger partial charge in [-0.1, -0.05) is 13.8 Å². The first-order valence-corrected chi connectivity index (χ1v) is 13.2. The molecule has 2 atom stereocenters. The Labute approximate surface area is 230 Å². The molecule has 8 nitrogen and oxygen atoms in total. The molecule has 0 aromatic carbocycles. The molecule has 0 spiro atoms. The molecule has 1 N–H and O–H groups in total. The van der Waals surface area contributed by atoms with Gasteiger partial charge >= 0.3 is 6.18 Å². The first-order chi connectivity index (χ1) is 18.9. The number of anilines is 1. The van der Waals surface area contributed by atoms with E-state index in [-0.39, 0.29) is 58.1 Å². The maximum Gasteiger partial charge on any atom is 0.433 e. The van der Waals surface area contributed by atoms with Crippen LogP contribution in [-0.2, 0) is 22.3 Å². The summed E-state index contributed by atoms with van der Waals surface area (Å²) in [6.07, 6.45) is -0.399. The smallest absolute Gasteiger partial charge is 0.320 e. The molecule has 1 saturated carbocycles. The molecule has 4 aromatic heterocycles. The lowest BCUT2D eigenvalue weighted by Crippen LogP contribution is -2.35. The third kappa shape index (κ3) is 4.14. The average molecular weight is 566 g/mol. The van der Waals surface area contributed by atoms with Crippen LogP contribution in [0.3, 0.4) is 0 Å². The predicted molar refractivity (Wildman–Crippen MR) is 141 cm³/mol. The molecule has 1 saturated heterocycles. The number of aromatic nitrogens is 3. The van der Waals surface area contributed by atoms with E-state index in [1.807, 2.05) is 13.8 Å². The molecule has 0 bridgehead atoms. The van der Waals surface area contributed by atoms with E-state index in [0.29, 0.717) is 20.7 Å². The molecule has 204 valence electrons. The zero-order valence-electron chi connectivity index (χ0n) is 21.5. The summed E-state index contributed by atoms with van der Waals surface area (Å²) in [5, 5.41) is 2.71. The zero-order chi connectivity index (χ0) is 28.6. The number of likely N-dealkylation sites (tertiary alicyclic amines) is 1. The highest BCUT2D eigenvalue weighted by Gasteiger charge is 2.72. The van der Waals surface area contributed by atoms with Crippen LogP contribution in [0.5, 0.6) is 0 Å². The molecule has 12 heteroatoms. The SMILES string of the molecule is Cc1nc(C(F)(F)F)cc(-c2ccnc3cc(CN4C(=O)C5C(C4=O)C5(C)C)sc23)c1NC(=O)c1cccnc1. The molecule has 2 aliphatic rings. The monoisotopic (exact) mass is 565 g/mol. The number of pyridine rings is 3.